The molecule has 3 rings (SSSR count). The molecule has 5 heteroatoms. The molecule has 0 radical (unpaired) electrons. The lowest BCUT2D eigenvalue weighted by atomic mass is 10.3. The Morgan fingerprint density at radius 3 is 2.83 bits per heavy atom. The molecule has 1 aliphatic heterocycles. The van der Waals surface area contributed by atoms with E-state index in [1.165, 1.54) is 0 Å². The summed E-state index contributed by atoms with van der Waals surface area (Å²) in [6.07, 6.45) is 0. The van der Waals surface area contributed by atoms with Crippen molar-refractivity contribution in [3.63, 3.8) is 0 Å². The third-order valence-corrected chi connectivity index (χ3v) is 3.51. The van der Waals surface area contributed by atoms with Crippen LogP contribution in [-0.2, 0) is 6.61 Å². The van der Waals surface area contributed by atoms with Gasteiger partial charge in [-0.25, -0.2) is 4.98 Å². The van der Waals surface area contributed by atoms with Crippen molar-refractivity contribution in [2.24, 2.45) is 0 Å². The lowest BCUT2D eigenvalue weighted by molar-refractivity contribution is 0.275. The van der Waals surface area contributed by atoms with E-state index >= 15 is 0 Å². The Morgan fingerprint density at radius 1 is 1.33 bits per heavy atom. The number of hydrogen-bond donors (Lipinski definition) is 2. The highest BCUT2D eigenvalue weighted by molar-refractivity contribution is 5.55. The van der Waals surface area contributed by atoms with Crippen molar-refractivity contribution in [2.45, 2.75) is 13.5 Å². The first-order chi connectivity index (χ1) is 8.81. The number of piperazine rings is 1. The SMILES string of the molecule is Cc1nc2cccc(N3CCNCC3)n2c1CO. The molecule has 2 N–H and O–H groups in total. The Kier molecular flexibility index (Phi) is 2.93. The predicted molar refractivity (Wildman–Crippen MR) is 70.9 cm³/mol. The van der Waals surface area contributed by atoms with E-state index in [2.05, 4.69) is 25.7 Å². The molecule has 1 saturated heterocycles. The molecule has 5 nitrogen and oxygen atoms in total. The van der Waals surface area contributed by atoms with Crippen molar-refractivity contribution in [1.29, 1.82) is 0 Å². The molecular formula is C13H18N4O. The summed E-state index contributed by atoms with van der Waals surface area (Å²) < 4.78 is 2.07. The van der Waals surface area contributed by atoms with Gasteiger partial charge in [0, 0.05) is 26.2 Å². The number of imidazole rings is 1. The van der Waals surface area contributed by atoms with Gasteiger partial charge in [-0.1, -0.05) is 6.07 Å². The fourth-order valence-corrected chi connectivity index (χ4v) is 2.57. The van der Waals surface area contributed by atoms with Crippen LogP contribution in [0.25, 0.3) is 5.65 Å². The van der Waals surface area contributed by atoms with Crippen LogP contribution in [0, 0.1) is 6.92 Å². The first-order valence-electron chi connectivity index (χ1n) is 6.35. The fourth-order valence-electron chi connectivity index (χ4n) is 2.57. The minimum Gasteiger partial charge on any atom is -0.390 e. The molecule has 96 valence electrons. The van der Waals surface area contributed by atoms with E-state index in [-0.39, 0.29) is 6.61 Å². The fraction of sp³-hybridized carbons (Fsp3) is 0.462. The number of aliphatic hydroxyl groups is 1. The van der Waals surface area contributed by atoms with Gasteiger partial charge in [0.25, 0.3) is 0 Å². The molecule has 3 heterocycles. The first kappa shape index (κ1) is 11.5. The van der Waals surface area contributed by atoms with E-state index in [4.69, 9.17) is 0 Å². The van der Waals surface area contributed by atoms with Crippen LogP contribution in [0.15, 0.2) is 18.2 Å². The van der Waals surface area contributed by atoms with Crippen LogP contribution in [0.1, 0.15) is 11.4 Å². The molecule has 0 atom stereocenters. The number of hydrogen-bond acceptors (Lipinski definition) is 4. The third-order valence-electron chi connectivity index (χ3n) is 3.51. The Balaban J connectivity index is 2.15. The average Bonchev–Trinajstić information content (AvgIpc) is 2.74. The predicted octanol–water partition coefficient (Wildman–Crippen LogP) is 0.545. The molecule has 0 spiro atoms. The van der Waals surface area contributed by atoms with Crippen LogP contribution >= 0.6 is 0 Å². The third kappa shape index (κ3) is 1.76. The normalized spacial score (nSPS) is 16.4. The molecule has 0 unspecified atom stereocenters. The Labute approximate surface area is 106 Å². The van der Waals surface area contributed by atoms with Crippen molar-refractivity contribution >= 4 is 11.5 Å². The topological polar surface area (TPSA) is 52.8 Å². The lowest BCUT2D eigenvalue weighted by Crippen LogP contribution is -2.44. The van der Waals surface area contributed by atoms with Crippen LogP contribution in [0.3, 0.4) is 0 Å². The molecule has 0 amide bonds. The van der Waals surface area contributed by atoms with Crippen LogP contribution in [0.2, 0.25) is 0 Å². The first-order valence-corrected chi connectivity index (χ1v) is 6.35. The number of aromatic nitrogens is 2. The summed E-state index contributed by atoms with van der Waals surface area (Å²) in [6, 6.07) is 6.11. The highest BCUT2D eigenvalue weighted by atomic mass is 16.3. The molecule has 0 aliphatic carbocycles. The standard InChI is InChI=1S/C13H18N4O/c1-10-11(9-18)17-12(15-10)3-2-4-13(17)16-7-5-14-6-8-16/h2-4,14,18H,5-9H2,1H3. The van der Waals surface area contributed by atoms with E-state index in [0.717, 1.165) is 49.0 Å². The van der Waals surface area contributed by atoms with Crippen molar-refractivity contribution in [1.82, 2.24) is 14.7 Å². The maximum absolute atomic E-state index is 9.54. The number of aliphatic hydroxyl groups excluding tert-OH is 1. The van der Waals surface area contributed by atoms with E-state index in [0.29, 0.717) is 0 Å². The van der Waals surface area contributed by atoms with Gasteiger partial charge >= 0.3 is 0 Å². The molecule has 2 aromatic heterocycles. The van der Waals surface area contributed by atoms with Gasteiger partial charge in [0.2, 0.25) is 0 Å². The number of rotatable bonds is 2. The van der Waals surface area contributed by atoms with Crippen molar-refractivity contribution in [3.05, 3.63) is 29.6 Å². The van der Waals surface area contributed by atoms with Gasteiger partial charge in [0.1, 0.15) is 11.5 Å². The number of anilines is 1. The molecular weight excluding hydrogens is 228 g/mol. The molecule has 18 heavy (non-hydrogen) atoms. The summed E-state index contributed by atoms with van der Waals surface area (Å²) in [6.45, 7) is 5.94. The number of nitrogens with one attached hydrogen (secondary N) is 1. The zero-order valence-electron chi connectivity index (χ0n) is 10.6. The zero-order valence-corrected chi connectivity index (χ0v) is 10.6. The Bertz CT molecular complexity index is 557. The molecule has 2 aromatic rings. The summed E-state index contributed by atoms with van der Waals surface area (Å²) in [5, 5.41) is 12.9. The molecule has 0 bridgehead atoms. The largest absolute Gasteiger partial charge is 0.390 e. The second-order valence-corrected chi connectivity index (χ2v) is 4.62. The van der Waals surface area contributed by atoms with Gasteiger partial charge in [0.15, 0.2) is 0 Å². The Morgan fingerprint density at radius 2 is 2.11 bits per heavy atom. The van der Waals surface area contributed by atoms with E-state index in [9.17, 15) is 5.11 Å². The van der Waals surface area contributed by atoms with Crippen molar-refractivity contribution in [2.75, 3.05) is 31.1 Å². The summed E-state index contributed by atoms with van der Waals surface area (Å²) in [5.41, 5.74) is 2.70. The second-order valence-electron chi connectivity index (χ2n) is 4.62. The number of aryl methyl sites for hydroxylation is 1. The monoisotopic (exact) mass is 246 g/mol. The van der Waals surface area contributed by atoms with Gasteiger partial charge in [0.05, 0.1) is 18.0 Å². The minimum absolute atomic E-state index is 0.0239. The van der Waals surface area contributed by atoms with Crippen molar-refractivity contribution < 1.29 is 5.11 Å². The van der Waals surface area contributed by atoms with Gasteiger partial charge in [-0.05, 0) is 19.1 Å². The molecule has 0 saturated carbocycles. The van der Waals surface area contributed by atoms with E-state index in [1.807, 2.05) is 19.1 Å². The van der Waals surface area contributed by atoms with Crippen LogP contribution < -0.4 is 10.2 Å². The van der Waals surface area contributed by atoms with Crippen LogP contribution in [0.5, 0.6) is 0 Å². The van der Waals surface area contributed by atoms with Gasteiger partial charge < -0.3 is 15.3 Å². The number of nitrogens with zero attached hydrogens (tertiary/aromatic N) is 3. The zero-order chi connectivity index (χ0) is 12.5. The van der Waals surface area contributed by atoms with Crippen LogP contribution in [-0.4, -0.2) is 40.7 Å². The average molecular weight is 246 g/mol. The number of fused-ring (bicyclic) bond motifs is 1. The van der Waals surface area contributed by atoms with Gasteiger partial charge in [-0.2, -0.15) is 0 Å². The molecule has 0 aromatic carbocycles. The molecule has 1 aliphatic rings. The summed E-state index contributed by atoms with van der Waals surface area (Å²) in [7, 11) is 0. The van der Waals surface area contributed by atoms with Crippen LogP contribution in [0.4, 0.5) is 5.82 Å². The maximum atomic E-state index is 9.54. The van der Waals surface area contributed by atoms with Gasteiger partial charge in [-0.3, -0.25) is 4.40 Å². The number of pyridine rings is 1. The smallest absolute Gasteiger partial charge is 0.138 e. The summed E-state index contributed by atoms with van der Waals surface area (Å²) in [5.74, 6) is 1.12. The van der Waals surface area contributed by atoms with E-state index < -0.39 is 0 Å². The van der Waals surface area contributed by atoms with Gasteiger partial charge in [-0.15, -0.1) is 0 Å². The maximum Gasteiger partial charge on any atom is 0.138 e. The summed E-state index contributed by atoms with van der Waals surface area (Å²) >= 11 is 0. The van der Waals surface area contributed by atoms with Crippen molar-refractivity contribution in [3.8, 4) is 0 Å². The van der Waals surface area contributed by atoms with E-state index in [1.54, 1.807) is 0 Å². The molecule has 1 fully saturated rings. The Hall–Kier alpha value is -1.59. The minimum atomic E-state index is 0.0239. The highest BCUT2D eigenvalue weighted by Gasteiger charge is 2.16. The quantitative estimate of drug-likeness (QED) is 0.812. The second kappa shape index (κ2) is 4.59. The highest BCUT2D eigenvalue weighted by Crippen LogP contribution is 2.22. The summed E-state index contributed by atoms with van der Waals surface area (Å²) in [4.78, 5) is 6.84. The lowest BCUT2D eigenvalue weighted by Gasteiger charge is -2.30.